The van der Waals surface area contributed by atoms with Crippen LogP contribution in [0.15, 0.2) is 24.3 Å². The van der Waals surface area contributed by atoms with Crippen molar-refractivity contribution in [1.29, 1.82) is 0 Å². The van der Waals surface area contributed by atoms with Gasteiger partial charge in [-0.25, -0.2) is 0 Å². The first-order valence-corrected chi connectivity index (χ1v) is 10.9. The second-order valence-electron chi connectivity index (χ2n) is 6.55. The van der Waals surface area contributed by atoms with Crippen molar-refractivity contribution in [3.63, 3.8) is 0 Å². The molecule has 1 aliphatic rings. The summed E-state index contributed by atoms with van der Waals surface area (Å²) in [4.78, 5) is 2.56. The molecule has 1 saturated heterocycles. The predicted molar refractivity (Wildman–Crippen MR) is 84.7 cm³/mol. The highest BCUT2D eigenvalue weighted by Crippen LogP contribution is 2.14. The standard InChI is InChI=1S/C16H27NOSi/c1-5-15-13-18-11-10-17(15)12-14-6-8-16(9-7-14)19(2,3)4/h6-9,15H,5,10-13H2,1-4H3. The molecule has 1 fully saturated rings. The lowest BCUT2D eigenvalue weighted by atomic mass is 10.1. The summed E-state index contributed by atoms with van der Waals surface area (Å²) in [6.07, 6.45) is 1.17. The van der Waals surface area contributed by atoms with Gasteiger partial charge in [-0.1, -0.05) is 56.0 Å². The maximum absolute atomic E-state index is 5.57. The van der Waals surface area contributed by atoms with Gasteiger partial charge in [0.2, 0.25) is 0 Å². The highest BCUT2D eigenvalue weighted by Gasteiger charge is 2.21. The molecule has 0 amide bonds. The number of nitrogens with zero attached hydrogens (tertiary/aromatic N) is 1. The summed E-state index contributed by atoms with van der Waals surface area (Å²) in [6.45, 7) is 13.3. The van der Waals surface area contributed by atoms with Crippen molar-refractivity contribution in [3.8, 4) is 0 Å². The quantitative estimate of drug-likeness (QED) is 0.785. The molecule has 106 valence electrons. The number of hydrogen-bond acceptors (Lipinski definition) is 2. The summed E-state index contributed by atoms with van der Waals surface area (Å²) >= 11 is 0. The van der Waals surface area contributed by atoms with Crippen LogP contribution in [0.4, 0.5) is 0 Å². The van der Waals surface area contributed by atoms with Gasteiger partial charge in [0.25, 0.3) is 0 Å². The van der Waals surface area contributed by atoms with Crippen LogP contribution in [0.25, 0.3) is 0 Å². The van der Waals surface area contributed by atoms with Gasteiger partial charge in [-0.3, -0.25) is 4.90 Å². The zero-order valence-corrected chi connectivity index (χ0v) is 13.8. The molecule has 0 N–H and O–H groups in total. The van der Waals surface area contributed by atoms with Crippen molar-refractivity contribution in [2.24, 2.45) is 0 Å². The first-order chi connectivity index (χ1) is 9.00. The number of rotatable bonds is 4. The van der Waals surface area contributed by atoms with Crippen LogP contribution in [0.1, 0.15) is 18.9 Å². The molecule has 0 saturated carbocycles. The molecule has 2 nitrogen and oxygen atoms in total. The van der Waals surface area contributed by atoms with Crippen molar-refractivity contribution in [2.75, 3.05) is 19.8 Å². The summed E-state index contributed by atoms with van der Waals surface area (Å²) in [5.74, 6) is 0. The summed E-state index contributed by atoms with van der Waals surface area (Å²) in [7, 11) is -1.16. The fourth-order valence-electron chi connectivity index (χ4n) is 2.62. The molecule has 1 aliphatic heterocycles. The SMILES string of the molecule is CCC1COCCN1Cc1ccc([Si](C)(C)C)cc1. The molecule has 1 unspecified atom stereocenters. The molecule has 1 aromatic carbocycles. The van der Waals surface area contributed by atoms with Crippen LogP contribution in [0, 0.1) is 0 Å². The van der Waals surface area contributed by atoms with E-state index in [0.717, 1.165) is 26.3 Å². The lowest BCUT2D eigenvalue weighted by molar-refractivity contribution is -0.0127. The number of hydrogen-bond donors (Lipinski definition) is 0. The summed E-state index contributed by atoms with van der Waals surface area (Å²) in [5, 5.41) is 1.55. The van der Waals surface area contributed by atoms with Gasteiger partial charge in [-0.2, -0.15) is 0 Å². The van der Waals surface area contributed by atoms with Gasteiger partial charge in [0.05, 0.1) is 21.3 Å². The Kier molecular flexibility index (Phi) is 4.82. The third kappa shape index (κ3) is 3.91. The number of benzene rings is 1. The first-order valence-electron chi connectivity index (χ1n) is 7.42. The van der Waals surface area contributed by atoms with E-state index in [9.17, 15) is 0 Å². The van der Waals surface area contributed by atoms with E-state index in [1.165, 1.54) is 12.0 Å². The molecule has 0 aromatic heterocycles. The molecule has 0 aliphatic carbocycles. The Hall–Kier alpha value is -0.643. The average Bonchev–Trinajstić information content (AvgIpc) is 2.39. The fourth-order valence-corrected chi connectivity index (χ4v) is 3.78. The second-order valence-corrected chi connectivity index (χ2v) is 11.6. The van der Waals surface area contributed by atoms with Crippen LogP contribution < -0.4 is 5.19 Å². The van der Waals surface area contributed by atoms with Crippen LogP contribution in [0.5, 0.6) is 0 Å². The Morgan fingerprint density at radius 3 is 2.47 bits per heavy atom. The van der Waals surface area contributed by atoms with Gasteiger partial charge >= 0.3 is 0 Å². The third-order valence-corrected chi connectivity index (χ3v) is 6.09. The Morgan fingerprint density at radius 2 is 1.89 bits per heavy atom. The lowest BCUT2D eigenvalue weighted by Crippen LogP contribution is -2.44. The van der Waals surface area contributed by atoms with Crippen molar-refractivity contribution < 1.29 is 4.74 Å². The van der Waals surface area contributed by atoms with Crippen molar-refractivity contribution >= 4 is 13.3 Å². The maximum atomic E-state index is 5.57. The van der Waals surface area contributed by atoms with E-state index in [-0.39, 0.29) is 0 Å². The minimum absolute atomic E-state index is 0.588. The van der Waals surface area contributed by atoms with Crippen LogP contribution in [-0.2, 0) is 11.3 Å². The predicted octanol–water partition coefficient (Wildman–Crippen LogP) is 2.84. The second kappa shape index (κ2) is 6.20. The minimum Gasteiger partial charge on any atom is -0.378 e. The van der Waals surface area contributed by atoms with Gasteiger partial charge in [0.1, 0.15) is 0 Å². The highest BCUT2D eigenvalue weighted by atomic mass is 28.3. The molecular formula is C16H27NOSi. The van der Waals surface area contributed by atoms with E-state index in [2.05, 4.69) is 55.7 Å². The minimum atomic E-state index is -1.16. The van der Waals surface area contributed by atoms with E-state index in [1.807, 2.05) is 0 Å². The number of ether oxygens (including phenoxy) is 1. The van der Waals surface area contributed by atoms with E-state index < -0.39 is 8.07 Å². The zero-order valence-electron chi connectivity index (χ0n) is 12.8. The monoisotopic (exact) mass is 277 g/mol. The van der Waals surface area contributed by atoms with Crippen molar-refractivity contribution in [1.82, 2.24) is 4.90 Å². The molecule has 0 spiro atoms. The largest absolute Gasteiger partial charge is 0.378 e. The summed E-state index contributed by atoms with van der Waals surface area (Å²) < 4.78 is 5.57. The fraction of sp³-hybridized carbons (Fsp3) is 0.625. The smallest absolute Gasteiger partial charge is 0.0775 e. The molecule has 19 heavy (non-hydrogen) atoms. The molecule has 2 rings (SSSR count). The Morgan fingerprint density at radius 1 is 1.21 bits per heavy atom. The molecule has 0 radical (unpaired) electrons. The van der Waals surface area contributed by atoms with Gasteiger partial charge in [-0.05, 0) is 12.0 Å². The normalized spacial score (nSPS) is 21.6. The van der Waals surface area contributed by atoms with Gasteiger partial charge in [0, 0.05) is 19.1 Å². The topological polar surface area (TPSA) is 12.5 Å². The van der Waals surface area contributed by atoms with E-state index in [4.69, 9.17) is 4.74 Å². The van der Waals surface area contributed by atoms with E-state index >= 15 is 0 Å². The molecule has 0 bridgehead atoms. The van der Waals surface area contributed by atoms with Gasteiger partial charge in [-0.15, -0.1) is 0 Å². The van der Waals surface area contributed by atoms with Gasteiger partial charge in [0.15, 0.2) is 0 Å². The van der Waals surface area contributed by atoms with Crippen LogP contribution in [0.2, 0.25) is 19.6 Å². The zero-order chi connectivity index (χ0) is 13.9. The Bertz CT molecular complexity index is 396. The summed E-state index contributed by atoms with van der Waals surface area (Å²) in [6, 6.07) is 9.89. The first kappa shape index (κ1) is 14.8. The molecule has 1 atom stereocenters. The van der Waals surface area contributed by atoms with Gasteiger partial charge < -0.3 is 4.74 Å². The lowest BCUT2D eigenvalue weighted by Gasteiger charge is -2.35. The van der Waals surface area contributed by atoms with Crippen LogP contribution >= 0.6 is 0 Å². The maximum Gasteiger partial charge on any atom is 0.0775 e. The Labute approximate surface area is 118 Å². The Balaban J connectivity index is 2.02. The van der Waals surface area contributed by atoms with E-state index in [0.29, 0.717) is 6.04 Å². The summed E-state index contributed by atoms with van der Waals surface area (Å²) in [5.41, 5.74) is 1.43. The molecule has 1 heterocycles. The van der Waals surface area contributed by atoms with E-state index in [1.54, 1.807) is 5.19 Å². The molecule has 3 heteroatoms. The highest BCUT2D eigenvalue weighted by molar-refractivity contribution is 6.88. The molecular weight excluding hydrogens is 250 g/mol. The average molecular weight is 277 g/mol. The van der Waals surface area contributed by atoms with Crippen LogP contribution in [0.3, 0.4) is 0 Å². The van der Waals surface area contributed by atoms with Crippen molar-refractivity contribution in [3.05, 3.63) is 29.8 Å². The van der Waals surface area contributed by atoms with Crippen molar-refractivity contribution in [2.45, 2.75) is 45.6 Å². The number of morpholine rings is 1. The molecule has 1 aromatic rings. The van der Waals surface area contributed by atoms with Crippen LogP contribution in [-0.4, -0.2) is 38.8 Å². The third-order valence-electron chi connectivity index (χ3n) is 4.03.